The van der Waals surface area contributed by atoms with Gasteiger partial charge in [-0.15, -0.1) is 0 Å². The van der Waals surface area contributed by atoms with Gasteiger partial charge in [-0.3, -0.25) is 9.59 Å². The lowest BCUT2D eigenvalue weighted by molar-refractivity contribution is -0.314. The molecular formula is C29H48O10. The molecule has 0 amide bonds. The van der Waals surface area contributed by atoms with E-state index in [1.54, 1.807) is 26.0 Å². The smallest absolute Gasteiger partial charge is 0.308 e. The molecule has 10 heteroatoms. The Morgan fingerprint density at radius 3 is 2.26 bits per heavy atom. The van der Waals surface area contributed by atoms with Crippen LogP contribution < -0.4 is 0 Å². The monoisotopic (exact) mass is 556 g/mol. The van der Waals surface area contributed by atoms with Crippen LogP contribution in [0, 0.1) is 23.7 Å². The lowest BCUT2D eigenvalue weighted by atomic mass is 9.79. The predicted octanol–water partition coefficient (Wildman–Crippen LogP) is 1.89. The maximum Gasteiger partial charge on any atom is 0.308 e. The molecule has 0 radical (unpaired) electrons. The van der Waals surface area contributed by atoms with Crippen LogP contribution in [0.1, 0.15) is 74.1 Å². The molecule has 10 nitrogen and oxygen atoms in total. The Morgan fingerprint density at radius 1 is 0.974 bits per heavy atom. The molecule has 2 saturated heterocycles. The number of ether oxygens (including phenoxy) is 4. The summed E-state index contributed by atoms with van der Waals surface area (Å²) >= 11 is 0. The van der Waals surface area contributed by atoms with Gasteiger partial charge < -0.3 is 39.4 Å². The summed E-state index contributed by atoms with van der Waals surface area (Å²) in [6, 6.07) is 0. The van der Waals surface area contributed by atoms with Crippen LogP contribution in [0.4, 0.5) is 0 Å². The first-order valence-corrected chi connectivity index (χ1v) is 14.4. The van der Waals surface area contributed by atoms with Crippen LogP contribution in [0.2, 0.25) is 0 Å². The lowest BCUT2D eigenvalue weighted by Crippen LogP contribution is -2.59. The number of aliphatic hydroxyl groups excluding tert-OH is 4. The van der Waals surface area contributed by atoms with Gasteiger partial charge in [0.1, 0.15) is 30.0 Å². The standard InChI is InChI=1S/C29H48O10/c1-8-18-12-14(3)19(30)10-11-29(7)27(39-29)16(5)21(9-2)37-22(32)13-20(31)15(4)26(18)38-28-25(35)24(34)23(33)17(6)36-28/h10-11,14-18,20-21,23-28,31,33-35H,8-9,12-13H2,1-7H3/t14-,15+,16-,17+,18+,20-,21-,23+,24-,25-,26-,27+,28+,29+/m1/s1. The Morgan fingerprint density at radius 2 is 1.64 bits per heavy atom. The second-order valence-corrected chi connectivity index (χ2v) is 12.0. The number of epoxide rings is 1. The summed E-state index contributed by atoms with van der Waals surface area (Å²) in [6.45, 7) is 12.9. The Bertz CT molecular complexity index is 878. The average Bonchev–Trinajstić information content (AvgIpc) is 3.58. The van der Waals surface area contributed by atoms with Crippen molar-refractivity contribution in [3.63, 3.8) is 0 Å². The molecule has 3 heterocycles. The number of hydrogen-bond acceptors (Lipinski definition) is 10. The molecule has 3 aliphatic rings. The summed E-state index contributed by atoms with van der Waals surface area (Å²) in [6.07, 6.45) is -4.19. The highest BCUT2D eigenvalue weighted by Crippen LogP contribution is 2.44. The Labute approximate surface area is 231 Å². The number of carbonyl (C=O) groups excluding carboxylic acids is 2. The molecule has 0 aliphatic carbocycles. The van der Waals surface area contributed by atoms with Gasteiger partial charge in [0, 0.05) is 17.8 Å². The number of ketones is 1. The molecule has 0 aromatic carbocycles. The Hall–Kier alpha value is -1.40. The first kappa shape index (κ1) is 32.1. The minimum Gasteiger partial charge on any atom is -0.462 e. The summed E-state index contributed by atoms with van der Waals surface area (Å²) in [5.74, 6) is -1.95. The Kier molecular flexibility index (Phi) is 10.8. The van der Waals surface area contributed by atoms with Crippen molar-refractivity contribution < 1.29 is 49.0 Å². The lowest BCUT2D eigenvalue weighted by Gasteiger charge is -2.43. The summed E-state index contributed by atoms with van der Waals surface area (Å²) in [5.41, 5.74) is -0.619. The minimum atomic E-state index is -1.52. The SMILES string of the molecule is CC[C@H]1C[C@@H](C)C(=O)C=C[C@]2(C)O[C@H]2[C@H](C)[C@@H](CC)OC(=O)C[C@@H](O)[C@H](C)[C@H]1O[C@@H]1O[C@@H](C)[C@H](O)[C@@H](O)[C@H]1O. The van der Waals surface area contributed by atoms with E-state index in [1.165, 1.54) is 0 Å². The molecule has 0 aromatic heterocycles. The van der Waals surface area contributed by atoms with Crippen molar-refractivity contribution in [2.75, 3.05) is 0 Å². The third-order valence-corrected chi connectivity index (χ3v) is 8.95. The number of hydrogen-bond donors (Lipinski definition) is 4. The molecule has 0 aromatic rings. The number of allylic oxidation sites excluding steroid dienone is 1. The summed E-state index contributed by atoms with van der Waals surface area (Å²) < 4.78 is 23.6. The molecule has 0 unspecified atom stereocenters. The molecule has 2 fully saturated rings. The van der Waals surface area contributed by atoms with Gasteiger partial charge in [0.25, 0.3) is 0 Å². The molecule has 14 atom stereocenters. The van der Waals surface area contributed by atoms with Gasteiger partial charge in [0.05, 0.1) is 30.8 Å². The third kappa shape index (κ3) is 7.28. The van der Waals surface area contributed by atoms with Crippen LogP contribution in [0.25, 0.3) is 0 Å². The summed E-state index contributed by atoms with van der Waals surface area (Å²) in [4.78, 5) is 26.0. The van der Waals surface area contributed by atoms with E-state index in [2.05, 4.69) is 0 Å². The van der Waals surface area contributed by atoms with Crippen molar-refractivity contribution in [2.45, 2.75) is 135 Å². The van der Waals surface area contributed by atoms with Crippen LogP contribution >= 0.6 is 0 Å². The van der Waals surface area contributed by atoms with E-state index in [0.717, 1.165) is 0 Å². The molecule has 224 valence electrons. The first-order chi connectivity index (χ1) is 18.2. The maximum atomic E-state index is 13.1. The van der Waals surface area contributed by atoms with Gasteiger partial charge in [0.2, 0.25) is 0 Å². The number of fused-ring (bicyclic) bond motifs is 1. The molecule has 4 N–H and O–H groups in total. The van der Waals surface area contributed by atoms with E-state index >= 15 is 0 Å². The molecule has 0 saturated carbocycles. The molecule has 3 aliphatic heterocycles. The number of aliphatic hydroxyl groups is 4. The fraction of sp³-hybridized carbons (Fsp3) is 0.862. The third-order valence-electron chi connectivity index (χ3n) is 8.95. The van der Waals surface area contributed by atoms with Crippen molar-refractivity contribution in [3.8, 4) is 0 Å². The summed E-state index contributed by atoms with van der Waals surface area (Å²) in [7, 11) is 0. The minimum absolute atomic E-state index is 0.0600. The zero-order valence-corrected chi connectivity index (χ0v) is 24.2. The fourth-order valence-electron chi connectivity index (χ4n) is 6.01. The molecular weight excluding hydrogens is 508 g/mol. The van der Waals surface area contributed by atoms with Gasteiger partial charge in [-0.05, 0) is 44.8 Å². The fourth-order valence-corrected chi connectivity index (χ4v) is 6.01. The quantitative estimate of drug-likeness (QED) is 0.298. The van der Waals surface area contributed by atoms with Gasteiger partial charge in [-0.2, -0.15) is 0 Å². The van der Waals surface area contributed by atoms with Crippen molar-refractivity contribution in [1.82, 2.24) is 0 Å². The predicted molar refractivity (Wildman–Crippen MR) is 141 cm³/mol. The Balaban J connectivity index is 1.91. The van der Waals surface area contributed by atoms with Crippen LogP contribution in [0.5, 0.6) is 0 Å². The number of rotatable bonds is 4. The molecule has 3 rings (SSSR count). The van der Waals surface area contributed by atoms with E-state index in [9.17, 15) is 30.0 Å². The van der Waals surface area contributed by atoms with E-state index in [0.29, 0.717) is 19.3 Å². The zero-order valence-electron chi connectivity index (χ0n) is 24.2. The van der Waals surface area contributed by atoms with E-state index in [-0.39, 0.29) is 36.1 Å². The van der Waals surface area contributed by atoms with E-state index < -0.39 is 66.5 Å². The zero-order chi connectivity index (χ0) is 29.2. The molecule has 39 heavy (non-hydrogen) atoms. The van der Waals surface area contributed by atoms with Gasteiger partial charge in [0.15, 0.2) is 12.1 Å². The van der Waals surface area contributed by atoms with Gasteiger partial charge >= 0.3 is 5.97 Å². The topological polar surface area (TPSA) is 155 Å². The van der Waals surface area contributed by atoms with Crippen LogP contribution in [-0.4, -0.2) is 92.9 Å². The van der Waals surface area contributed by atoms with Crippen molar-refractivity contribution >= 4 is 11.8 Å². The van der Waals surface area contributed by atoms with Crippen LogP contribution in [0.3, 0.4) is 0 Å². The number of cyclic esters (lactones) is 1. The molecule has 0 bridgehead atoms. The second-order valence-electron chi connectivity index (χ2n) is 12.0. The van der Waals surface area contributed by atoms with Gasteiger partial charge in [-0.25, -0.2) is 0 Å². The number of carbonyl (C=O) groups is 2. The normalized spacial score (nSPS) is 48.3. The van der Waals surface area contributed by atoms with E-state index in [1.807, 2.05) is 34.6 Å². The van der Waals surface area contributed by atoms with Crippen LogP contribution in [-0.2, 0) is 28.5 Å². The van der Waals surface area contributed by atoms with Crippen molar-refractivity contribution in [1.29, 1.82) is 0 Å². The average molecular weight is 557 g/mol. The van der Waals surface area contributed by atoms with Crippen LogP contribution in [0.15, 0.2) is 12.2 Å². The number of esters is 1. The molecule has 0 spiro atoms. The van der Waals surface area contributed by atoms with Crippen molar-refractivity contribution in [2.24, 2.45) is 23.7 Å². The summed E-state index contributed by atoms with van der Waals surface area (Å²) in [5, 5.41) is 42.2. The van der Waals surface area contributed by atoms with Crippen molar-refractivity contribution in [3.05, 3.63) is 12.2 Å². The largest absolute Gasteiger partial charge is 0.462 e. The highest BCUT2D eigenvalue weighted by molar-refractivity contribution is 5.91. The highest BCUT2D eigenvalue weighted by atomic mass is 16.7. The second kappa shape index (κ2) is 13.1. The first-order valence-electron chi connectivity index (χ1n) is 14.4. The maximum absolute atomic E-state index is 13.1. The van der Waals surface area contributed by atoms with Gasteiger partial charge in [-0.1, -0.05) is 41.0 Å². The van der Waals surface area contributed by atoms with E-state index in [4.69, 9.17) is 18.9 Å². The highest BCUT2D eigenvalue weighted by Gasteiger charge is 2.55.